The summed E-state index contributed by atoms with van der Waals surface area (Å²) in [4.78, 5) is 11.7. The van der Waals surface area contributed by atoms with Gasteiger partial charge in [0.25, 0.3) is 0 Å². The van der Waals surface area contributed by atoms with Gasteiger partial charge in [0.15, 0.2) is 0 Å². The highest BCUT2D eigenvalue weighted by Crippen LogP contribution is 2.45. The van der Waals surface area contributed by atoms with Gasteiger partial charge in [-0.25, -0.2) is 4.39 Å². The van der Waals surface area contributed by atoms with Gasteiger partial charge < -0.3 is 10.6 Å². The number of nitrogens with one attached hydrogen (secondary N) is 2. The predicted octanol–water partition coefficient (Wildman–Crippen LogP) is 1.54. The third-order valence-corrected chi connectivity index (χ3v) is 3.11. The molecule has 1 saturated carbocycles. The predicted molar refractivity (Wildman–Crippen MR) is 64.0 cm³/mol. The van der Waals surface area contributed by atoms with Crippen LogP contribution < -0.4 is 10.6 Å². The van der Waals surface area contributed by atoms with Crippen LogP contribution in [0.2, 0.25) is 0 Å². The normalized spacial score (nSPS) is 16.6. The molecule has 1 aromatic rings. The van der Waals surface area contributed by atoms with E-state index in [1.807, 2.05) is 13.1 Å². The SMILES string of the molecule is CNCCC(=O)NC1(c2cccc(F)c2)CC1. The standard InChI is InChI=1S/C13H17FN2O/c1-15-8-5-12(17)16-13(6-7-13)10-3-2-4-11(14)9-10/h2-4,9,15H,5-8H2,1H3,(H,16,17). The van der Waals surface area contributed by atoms with E-state index in [1.54, 1.807) is 6.07 Å². The zero-order valence-electron chi connectivity index (χ0n) is 9.92. The monoisotopic (exact) mass is 236 g/mol. The Labute approximate surface area is 100 Å². The number of carbonyl (C=O) groups is 1. The summed E-state index contributed by atoms with van der Waals surface area (Å²) < 4.78 is 13.1. The van der Waals surface area contributed by atoms with Crippen LogP contribution in [0.3, 0.4) is 0 Å². The van der Waals surface area contributed by atoms with Crippen LogP contribution in [-0.4, -0.2) is 19.5 Å². The maximum absolute atomic E-state index is 13.1. The van der Waals surface area contributed by atoms with Gasteiger partial charge in [0.1, 0.15) is 5.82 Å². The molecule has 0 aliphatic heterocycles. The van der Waals surface area contributed by atoms with E-state index < -0.39 is 0 Å². The number of rotatable bonds is 5. The molecule has 0 atom stereocenters. The fourth-order valence-electron chi connectivity index (χ4n) is 1.96. The Morgan fingerprint density at radius 3 is 2.82 bits per heavy atom. The number of hydrogen-bond acceptors (Lipinski definition) is 2. The molecule has 0 aromatic heterocycles. The van der Waals surface area contributed by atoms with Crippen LogP contribution in [0.4, 0.5) is 4.39 Å². The molecule has 0 bridgehead atoms. The van der Waals surface area contributed by atoms with Crippen LogP contribution in [0.5, 0.6) is 0 Å². The van der Waals surface area contributed by atoms with Gasteiger partial charge in [0.2, 0.25) is 5.91 Å². The summed E-state index contributed by atoms with van der Waals surface area (Å²) in [6.45, 7) is 0.658. The van der Waals surface area contributed by atoms with E-state index in [2.05, 4.69) is 10.6 Å². The van der Waals surface area contributed by atoms with E-state index in [0.29, 0.717) is 13.0 Å². The van der Waals surface area contributed by atoms with E-state index >= 15 is 0 Å². The van der Waals surface area contributed by atoms with Gasteiger partial charge in [0.05, 0.1) is 5.54 Å². The lowest BCUT2D eigenvalue weighted by Crippen LogP contribution is -2.36. The van der Waals surface area contributed by atoms with Gasteiger partial charge in [-0.2, -0.15) is 0 Å². The Morgan fingerprint density at radius 2 is 2.24 bits per heavy atom. The first-order chi connectivity index (χ1) is 8.16. The van der Waals surface area contributed by atoms with Crippen LogP contribution in [-0.2, 0) is 10.3 Å². The van der Waals surface area contributed by atoms with E-state index in [4.69, 9.17) is 0 Å². The summed E-state index contributed by atoms with van der Waals surface area (Å²) in [6, 6.07) is 6.48. The van der Waals surface area contributed by atoms with Crippen molar-refractivity contribution in [3.63, 3.8) is 0 Å². The fourth-order valence-corrected chi connectivity index (χ4v) is 1.96. The highest BCUT2D eigenvalue weighted by Gasteiger charge is 2.45. The smallest absolute Gasteiger partial charge is 0.221 e. The van der Waals surface area contributed by atoms with Gasteiger partial charge in [-0.05, 0) is 37.6 Å². The molecule has 1 fully saturated rings. The summed E-state index contributed by atoms with van der Waals surface area (Å²) in [5.74, 6) is -0.237. The van der Waals surface area contributed by atoms with E-state index in [1.165, 1.54) is 12.1 Å². The van der Waals surface area contributed by atoms with Crippen molar-refractivity contribution < 1.29 is 9.18 Å². The molecule has 3 nitrogen and oxygen atoms in total. The van der Waals surface area contributed by atoms with Crippen molar-refractivity contribution in [2.75, 3.05) is 13.6 Å². The second-order valence-electron chi connectivity index (χ2n) is 4.49. The van der Waals surface area contributed by atoms with Crippen molar-refractivity contribution in [1.82, 2.24) is 10.6 Å². The average molecular weight is 236 g/mol. The number of hydrogen-bond donors (Lipinski definition) is 2. The number of carbonyl (C=O) groups excluding carboxylic acids is 1. The topological polar surface area (TPSA) is 41.1 Å². The third-order valence-electron chi connectivity index (χ3n) is 3.11. The summed E-state index contributed by atoms with van der Waals surface area (Å²) in [6.07, 6.45) is 2.23. The maximum Gasteiger partial charge on any atom is 0.221 e. The van der Waals surface area contributed by atoms with E-state index in [0.717, 1.165) is 18.4 Å². The molecule has 0 spiro atoms. The van der Waals surface area contributed by atoms with Crippen molar-refractivity contribution in [2.24, 2.45) is 0 Å². The van der Waals surface area contributed by atoms with Crippen molar-refractivity contribution >= 4 is 5.91 Å². The lowest BCUT2D eigenvalue weighted by molar-refractivity contribution is -0.122. The molecule has 0 unspecified atom stereocenters. The minimum Gasteiger partial charge on any atom is -0.347 e. The van der Waals surface area contributed by atoms with Crippen LogP contribution in [0, 0.1) is 5.82 Å². The number of benzene rings is 1. The lowest BCUT2D eigenvalue weighted by Gasteiger charge is -2.18. The molecule has 0 radical (unpaired) electrons. The van der Waals surface area contributed by atoms with Crippen LogP contribution >= 0.6 is 0 Å². The van der Waals surface area contributed by atoms with E-state index in [9.17, 15) is 9.18 Å². The summed E-state index contributed by atoms with van der Waals surface area (Å²) in [5, 5.41) is 5.93. The molecule has 92 valence electrons. The summed E-state index contributed by atoms with van der Waals surface area (Å²) >= 11 is 0. The molecule has 0 heterocycles. The molecule has 4 heteroatoms. The molecular weight excluding hydrogens is 219 g/mol. The van der Waals surface area contributed by atoms with Crippen molar-refractivity contribution in [3.8, 4) is 0 Å². The minimum absolute atomic E-state index is 0.0149. The van der Waals surface area contributed by atoms with Crippen molar-refractivity contribution in [3.05, 3.63) is 35.6 Å². The highest BCUT2D eigenvalue weighted by atomic mass is 19.1. The van der Waals surface area contributed by atoms with Crippen molar-refractivity contribution in [2.45, 2.75) is 24.8 Å². The first kappa shape index (κ1) is 12.0. The Hall–Kier alpha value is -1.42. The molecule has 1 amide bonds. The number of amides is 1. The van der Waals surface area contributed by atoms with Gasteiger partial charge >= 0.3 is 0 Å². The van der Waals surface area contributed by atoms with Gasteiger partial charge in [-0.15, -0.1) is 0 Å². The van der Waals surface area contributed by atoms with Crippen LogP contribution in [0.1, 0.15) is 24.8 Å². The molecule has 1 aliphatic carbocycles. The fraction of sp³-hybridized carbons (Fsp3) is 0.462. The average Bonchev–Trinajstić information content (AvgIpc) is 3.07. The largest absolute Gasteiger partial charge is 0.347 e. The molecule has 1 aliphatic rings. The summed E-state index contributed by atoms with van der Waals surface area (Å²) in [5.41, 5.74) is 0.558. The second kappa shape index (κ2) is 4.84. The van der Waals surface area contributed by atoms with Crippen molar-refractivity contribution in [1.29, 1.82) is 0 Å². The Balaban J connectivity index is 2.02. The second-order valence-corrected chi connectivity index (χ2v) is 4.49. The van der Waals surface area contributed by atoms with Crippen LogP contribution in [0.15, 0.2) is 24.3 Å². The van der Waals surface area contributed by atoms with E-state index in [-0.39, 0.29) is 17.3 Å². The zero-order valence-corrected chi connectivity index (χ0v) is 9.92. The Bertz CT molecular complexity index is 416. The van der Waals surface area contributed by atoms with Crippen LogP contribution in [0.25, 0.3) is 0 Å². The van der Waals surface area contributed by atoms with Gasteiger partial charge in [-0.1, -0.05) is 12.1 Å². The first-order valence-corrected chi connectivity index (χ1v) is 5.88. The molecule has 2 rings (SSSR count). The quantitative estimate of drug-likeness (QED) is 0.814. The zero-order chi connectivity index (χ0) is 12.3. The molecule has 2 N–H and O–H groups in total. The molecule has 17 heavy (non-hydrogen) atoms. The molecular formula is C13H17FN2O. The molecule has 0 saturated heterocycles. The third kappa shape index (κ3) is 2.82. The van der Waals surface area contributed by atoms with Gasteiger partial charge in [-0.3, -0.25) is 4.79 Å². The minimum atomic E-state index is -0.313. The summed E-state index contributed by atoms with van der Waals surface area (Å²) in [7, 11) is 1.81. The van der Waals surface area contributed by atoms with Gasteiger partial charge in [0, 0.05) is 13.0 Å². The Kier molecular flexibility index (Phi) is 3.43. The first-order valence-electron chi connectivity index (χ1n) is 5.88. The Morgan fingerprint density at radius 1 is 1.47 bits per heavy atom. The maximum atomic E-state index is 13.1. The molecule has 1 aromatic carbocycles. The lowest BCUT2D eigenvalue weighted by atomic mass is 10.0. The highest BCUT2D eigenvalue weighted by molar-refractivity contribution is 5.77. The number of halogens is 1.